The van der Waals surface area contributed by atoms with Crippen LogP contribution in [0.1, 0.15) is 18.7 Å². The second-order valence-electron chi connectivity index (χ2n) is 8.00. The number of hydrogen-bond acceptors (Lipinski definition) is 5. The number of imidazole rings is 1. The van der Waals surface area contributed by atoms with Crippen LogP contribution in [0.3, 0.4) is 0 Å². The number of halogens is 1. The van der Waals surface area contributed by atoms with Crippen LogP contribution in [0.25, 0.3) is 33.3 Å². The summed E-state index contributed by atoms with van der Waals surface area (Å²) >= 11 is 6.69. The van der Waals surface area contributed by atoms with E-state index in [4.69, 9.17) is 21.3 Å². The molecule has 1 N–H and O–H groups in total. The molecule has 1 aliphatic carbocycles. The molecular formula is C23H19ClN6O. The highest BCUT2D eigenvalue weighted by Crippen LogP contribution is 2.36. The fourth-order valence-electron chi connectivity index (χ4n) is 3.71. The lowest BCUT2D eigenvalue weighted by Crippen LogP contribution is -1.99. The Kier molecular flexibility index (Phi) is 4.17. The third-order valence-corrected chi connectivity index (χ3v) is 5.85. The van der Waals surface area contributed by atoms with Gasteiger partial charge in [0.25, 0.3) is 0 Å². The molecule has 1 saturated carbocycles. The van der Waals surface area contributed by atoms with Crippen LogP contribution in [0.4, 0.5) is 0 Å². The van der Waals surface area contributed by atoms with E-state index < -0.39 is 0 Å². The molecule has 8 heteroatoms. The van der Waals surface area contributed by atoms with Crippen molar-refractivity contribution >= 4 is 33.7 Å². The van der Waals surface area contributed by atoms with Gasteiger partial charge < -0.3 is 9.72 Å². The molecule has 1 aliphatic rings. The highest BCUT2D eigenvalue weighted by Gasteiger charge is 2.22. The number of nitrogens with one attached hydrogen (secondary N) is 1. The number of rotatable bonds is 5. The first-order valence-electron chi connectivity index (χ1n) is 10.2. The largest absolute Gasteiger partial charge is 0.456 e. The van der Waals surface area contributed by atoms with E-state index in [1.165, 1.54) is 12.8 Å². The summed E-state index contributed by atoms with van der Waals surface area (Å²) in [4.78, 5) is 16.9. The molecule has 5 aromatic rings. The molecule has 0 spiro atoms. The third kappa shape index (κ3) is 3.51. The van der Waals surface area contributed by atoms with Crippen molar-refractivity contribution in [3.05, 3.63) is 59.8 Å². The predicted molar refractivity (Wildman–Crippen MR) is 119 cm³/mol. The zero-order chi connectivity index (χ0) is 20.9. The molecule has 154 valence electrons. The van der Waals surface area contributed by atoms with Crippen molar-refractivity contribution in [2.24, 2.45) is 5.92 Å². The molecule has 0 amide bonds. The predicted octanol–water partition coefficient (Wildman–Crippen LogP) is 5.53. The van der Waals surface area contributed by atoms with Gasteiger partial charge in [0.2, 0.25) is 0 Å². The summed E-state index contributed by atoms with van der Waals surface area (Å²) in [6.07, 6.45) is 8.18. The number of fused-ring (bicyclic) bond motifs is 2. The van der Waals surface area contributed by atoms with Gasteiger partial charge in [-0.1, -0.05) is 11.6 Å². The van der Waals surface area contributed by atoms with Crippen LogP contribution in [0.2, 0.25) is 5.02 Å². The lowest BCUT2D eigenvalue weighted by atomic mass is 10.2. The Morgan fingerprint density at radius 3 is 2.87 bits per heavy atom. The van der Waals surface area contributed by atoms with Gasteiger partial charge in [0, 0.05) is 24.4 Å². The van der Waals surface area contributed by atoms with Gasteiger partial charge in [-0.05, 0) is 49.9 Å². The van der Waals surface area contributed by atoms with Crippen molar-refractivity contribution in [2.75, 3.05) is 0 Å². The molecule has 0 atom stereocenters. The van der Waals surface area contributed by atoms with Crippen LogP contribution < -0.4 is 4.74 Å². The lowest BCUT2D eigenvalue weighted by Gasteiger charge is -2.10. The Bertz CT molecular complexity index is 1440. The average Bonchev–Trinajstić information content (AvgIpc) is 3.31. The van der Waals surface area contributed by atoms with Gasteiger partial charge in [0.15, 0.2) is 0 Å². The number of ether oxygens (including phenoxy) is 1. The fourth-order valence-corrected chi connectivity index (χ4v) is 3.95. The molecule has 31 heavy (non-hydrogen) atoms. The van der Waals surface area contributed by atoms with Crippen molar-refractivity contribution in [1.82, 2.24) is 29.7 Å². The number of benzene rings is 2. The van der Waals surface area contributed by atoms with Crippen molar-refractivity contribution in [3.63, 3.8) is 0 Å². The molecule has 0 saturated heterocycles. The minimum absolute atomic E-state index is 0.429. The summed E-state index contributed by atoms with van der Waals surface area (Å²) in [7, 11) is 0. The Morgan fingerprint density at radius 2 is 2.00 bits per heavy atom. The van der Waals surface area contributed by atoms with Gasteiger partial charge in [-0.3, -0.25) is 9.67 Å². The molecule has 3 heterocycles. The minimum atomic E-state index is 0.429. The quantitative estimate of drug-likeness (QED) is 0.396. The first kappa shape index (κ1) is 18.3. The summed E-state index contributed by atoms with van der Waals surface area (Å²) in [5.41, 5.74) is 4.79. The molecule has 1 fully saturated rings. The number of hydrogen-bond donors (Lipinski definition) is 1. The molecule has 0 radical (unpaired) electrons. The van der Waals surface area contributed by atoms with Crippen LogP contribution >= 0.6 is 11.6 Å². The van der Waals surface area contributed by atoms with E-state index in [1.807, 2.05) is 54.3 Å². The summed E-state index contributed by atoms with van der Waals surface area (Å²) in [5.74, 6) is 2.82. The van der Waals surface area contributed by atoms with Gasteiger partial charge in [0.1, 0.15) is 27.9 Å². The van der Waals surface area contributed by atoms with Crippen LogP contribution in [0, 0.1) is 12.8 Å². The number of nitrogens with zero attached hydrogens (tertiary/aromatic N) is 5. The first-order valence-corrected chi connectivity index (χ1v) is 10.6. The molecule has 7 nitrogen and oxygen atoms in total. The van der Waals surface area contributed by atoms with Gasteiger partial charge in [-0.15, -0.1) is 0 Å². The van der Waals surface area contributed by atoms with Crippen LogP contribution in [-0.4, -0.2) is 29.7 Å². The Morgan fingerprint density at radius 1 is 1.13 bits per heavy atom. The van der Waals surface area contributed by atoms with E-state index in [0.29, 0.717) is 27.6 Å². The molecule has 0 bridgehead atoms. The molecule has 0 unspecified atom stereocenters. The minimum Gasteiger partial charge on any atom is -0.456 e. The molecule has 6 rings (SSSR count). The summed E-state index contributed by atoms with van der Waals surface area (Å²) in [5, 5.41) is 4.89. The molecule has 2 aromatic carbocycles. The van der Waals surface area contributed by atoms with E-state index in [9.17, 15) is 0 Å². The summed E-state index contributed by atoms with van der Waals surface area (Å²) < 4.78 is 8.05. The van der Waals surface area contributed by atoms with Crippen molar-refractivity contribution in [2.45, 2.75) is 26.3 Å². The Hall–Kier alpha value is -3.45. The SMILES string of the molecule is Cc1nc2ccc(Oc3ccc4ncc(-c5cnn(CC6CC6)c5)nc4c3Cl)cc2[nH]1. The standard InChI is InChI=1S/C23H19ClN6O/c1-13-27-17-5-4-16(8-19(17)28-13)31-21-7-6-18-23(22(21)24)29-20(10-25-18)15-9-26-30(12-15)11-14-2-3-14/h4-10,12,14H,2-3,11H2,1H3,(H,27,28). The Balaban J connectivity index is 1.34. The van der Waals surface area contributed by atoms with E-state index in [-0.39, 0.29) is 0 Å². The number of H-pyrrole nitrogens is 1. The maximum atomic E-state index is 6.69. The zero-order valence-electron chi connectivity index (χ0n) is 16.8. The van der Waals surface area contributed by atoms with Crippen molar-refractivity contribution in [1.29, 1.82) is 0 Å². The monoisotopic (exact) mass is 430 g/mol. The maximum absolute atomic E-state index is 6.69. The lowest BCUT2D eigenvalue weighted by molar-refractivity contribution is 0.484. The highest BCUT2D eigenvalue weighted by atomic mass is 35.5. The van der Waals surface area contributed by atoms with Gasteiger partial charge >= 0.3 is 0 Å². The normalized spacial score (nSPS) is 13.9. The van der Waals surface area contributed by atoms with E-state index in [1.54, 1.807) is 6.20 Å². The molecule has 3 aromatic heterocycles. The second-order valence-corrected chi connectivity index (χ2v) is 8.38. The second kappa shape index (κ2) is 7.06. The van der Waals surface area contributed by atoms with Crippen LogP contribution in [0.5, 0.6) is 11.5 Å². The van der Waals surface area contributed by atoms with E-state index in [0.717, 1.165) is 40.6 Å². The van der Waals surface area contributed by atoms with E-state index >= 15 is 0 Å². The van der Waals surface area contributed by atoms with Crippen molar-refractivity contribution < 1.29 is 4.74 Å². The zero-order valence-corrected chi connectivity index (χ0v) is 17.6. The van der Waals surface area contributed by atoms with Gasteiger partial charge in [-0.25, -0.2) is 9.97 Å². The number of aryl methyl sites for hydroxylation is 1. The van der Waals surface area contributed by atoms with Crippen LogP contribution in [-0.2, 0) is 6.54 Å². The fraction of sp³-hybridized carbons (Fsp3) is 0.217. The summed E-state index contributed by atoms with van der Waals surface area (Å²) in [6.45, 7) is 2.88. The van der Waals surface area contributed by atoms with Gasteiger partial charge in [-0.2, -0.15) is 5.10 Å². The average molecular weight is 431 g/mol. The number of aromatic amines is 1. The molecule has 0 aliphatic heterocycles. The number of aromatic nitrogens is 6. The summed E-state index contributed by atoms with van der Waals surface area (Å²) in [6, 6.07) is 9.38. The first-order chi connectivity index (χ1) is 15.1. The maximum Gasteiger partial charge on any atom is 0.148 e. The smallest absolute Gasteiger partial charge is 0.148 e. The van der Waals surface area contributed by atoms with Crippen LogP contribution in [0.15, 0.2) is 48.9 Å². The Labute approximate surface area is 183 Å². The molecular weight excluding hydrogens is 412 g/mol. The van der Waals surface area contributed by atoms with Gasteiger partial charge in [0.05, 0.1) is 34.6 Å². The topological polar surface area (TPSA) is 81.5 Å². The van der Waals surface area contributed by atoms with E-state index in [2.05, 4.69) is 20.1 Å². The highest BCUT2D eigenvalue weighted by molar-refractivity contribution is 6.36. The van der Waals surface area contributed by atoms with Crippen molar-refractivity contribution in [3.8, 4) is 22.8 Å². The third-order valence-electron chi connectivity index (χ3n) is 5.49.